The van der Waals surface area contributed by atoms with Gasteiger partial charge in [0.25, 0.3) is 0 Å². The van der Waals surface area contributed by atoms with Crippen LogP contribution in [0, 0.1) is 0 Å². The number of anilines is 5. The van der Waals surface area contributed by atoms with Crippen LogP contribution in [-0.4, -0.2) is 97.9 Å². The van der Waals surface area contributed by atoms with E-state index >= 15 is 0 Å². The van der Waals surface area contributed by atoms with Gasteiger partial charge in [-0.05, 0) is 73.0 Å². The first-order chi connectivity index (χ1) is 22.5. The molecule has 0 bridgehead atoms. The van der Waals surface area contributed by atoms with E-state index < -0.39 is 17.7 Å². The SMILES string of the molecule is C=CC(=O)Nc1cc(Nc2ncc(C(=O)OC(C)C)c(-c3ccc(N(C)C(=O)OC(C)(C)C)nc3)n2)c(OC)cc1N(C)CCN(C)C. The molecule has 0 aliphatic carbocycles. The van der Waals surface area contributed by atoms with Gasteiger partial charge in [-0.1, -0.05) is 6.58 Å². The number of pyridine rings is 1. The van der Waals surface area contributed by atoms with Crippen molar-refractivity contribution in [3.05, 3.63) is 54.9 Å². The standard InChI is InChI=1S/C34H46N8O6/c1-12-29(43)37-24-17-25(27(46-11)18-26(24)41(9)16-15-40(7)8)38-32-36-20-23(31(44)47-21(2)3)30(39-32)22-13-14-28(35-19-22)42(10)33(45)48-34(4,5)6/h12-14,17-21H,1,15-16H2,2-11H3,(H,37,43)(H,36,38,39). The zero-order valence-corrected chi connectivity index (χ0v) is 29.4. The normalized spacial score (nSPS) is 11.2. The zero-order chi connectivity index (χ0) is 35.8. The van der Waals surface area contributed by atoms with Crippen molar-refractivity contribution in [2.75, 3.05) is 68.8 Å². The van der Waals surface area contributed by atoms with Gasteiger partial charge in [0, 0.05) is 51.2 Å². The second-order valence-corrected chi connectivity index (χ2v) is 12.5. The number of hydrogen-bond donors (Lipinski definition) is 2. The lowest BCUT2D eigenvalue weighted by atomic mass is 10.1. The second kappa shape index (κ2) is 16.0. The first-order valence-corrected chi connectivity index (χ1v) is 15.3. The number of methoxy groups -OCH3 is 1. The van der Waals surface area contributed by atoms with Gasteiger partial charge in [-0.25, -0.2) is 24.5 Å². The molecule has 3 rings (SSSR count). The molecule has 0 unspecified atom stereocenters. The molecule has 0 saturated heterocycles. The van der Waals surface area contributed by atoms with Crippen molar-refractivity contribution in [2.24, 2.45) is 0 Å². The Morgan fingerprint density at radius 3 is 2.27 bits per heavy atom. The lowest BCUT2D eigenvalue weighted by Crippen LogP contribution is -2.34. The van der Waals surface area contributed by atoms with E-state index in [1.54, 1.807) is 65.9 Å². The number of nitrogens with one attached hydrogen (secondary N) is 2. The third-order valence-corrected chi connectivity index (χ3v) is 6.69. The fourth-order valence-electron chi connectivity index (χ4n) is 4.26. The molecule has 0 saturated carbocycles. The number of ether oxygens (including phenoxy) is 3. The predicted molar refractivity (Wildman–Crippen MR) is 187 cm³/mol. The molecule has 0 fully saturated rings. The van der Waals surface area contributed by atoms with Gasteiger partial charge in [0.1, 0.15) is 22.7 Å². The minimum Gasteiger partial charge on any atom is -0.494 e. The number of benzene rings is 1. The van der Waals surface area contributed by atoms with Gasteiger partial charge in [0.2, 0.25) is 11.9 Å². The Morgan fingerprint density at radius 2 is 1.71 bits per heavy atom. The summed E-state index contributed by atoms with van der Waals surface area (Å²) in [5, 5.41) is 6.03. The molecule has 0 spiro atoms. The molecule has 1 aromatic carbocycles. The highest BCUT2D eigenvalue weighted by Crippen LogP contribution is 2.38. The molecule has 2 heterocycles. The number of carbonyl (C=O) groups excluding carboxylic acids is 3. The van der Waals surface area contributed by atoms with E-state index in [0.717, 1.165) is 12.2 Å². The highest BCUT2D eigenvalue weighted by molar-refractivity contribution is 6.02. The Hall–Kier alpha value is -5.24. The van der Waals surface area contributed by atoms with E-state index in [9.17, 15) is 14.4 Å². The quantitative estimate of drug-likeness (QED) is 0.179. The van der Waals surface area contributed by atoms with Gasteiger partial charge in [0.05, 0.1) is 36.0 Å². The van der Waals surface area contributed by atoms with Crippen LogP contribution in [0.5, 0.6) is 5.75 Å². The first kappa shape index (κ1) is 37.2. The van der Waals surface area contributed by atoms with Crippen LogP contribution < -0.4 is 25.2 Å². The number of carbonyl (C=O) groups is 3. The Labute approximate surface area is 282 Å². The van der Waals surface area contributed by atoms with E-state index in [4.69, 9.17) is 14.2 Å². The van der Waals surface area contributed by atoms with Crippen LogP contribution in [0.3, 0.4) is 0 Å². The molecule has 2 amide bonds. The van der Waals surface area contributed by atoms with E-state index in [1.807, 2.05) is 26.0 Å². The maximum Gasteiger partial charge on any atom is 0.415 e. The molecular formula is C34H46N8O6. The van der Waals surface area contributed by atoms with E-state index in [2.05, 4.69) is 37.1 Å². The molecule has 258 valence electrons. The van der Waals surface area contributed by atoms with Gasteiger partial charge >= 0.3 is 12.1 Å². The van der Waals surface area contributed by atoms with Crippen molar-refractivity contribution < 1.29 is 28.6 Å². The van der Waals surface area contributed by atoms with E-state index in [-0.39, 0.29) is 29.2 Å². The maximum atomic E-state index is 13.1. The number of aromatic nitrogens is 3. The minimum absolute atomic E-state index is 0.119. The number of likely N-dealkylation sites (N-methyl/N-ethyl adjacent to an activating group) is 2. The summed E-state index contributed by atoms with van der Waals surface area (Å²) >= 11 is 0. The molecule has 48 heavy (non-hydrogen) atoms. The second-order valence-electron chi connectivity index (χ2n) is 12.5. The predicted octanol–water partition coefficient (Wildman–Crippen LogP) is 5.35. The minimum atomic E-state index is -0.676. The van der Waals surface area contributed by atoms with Crippen molar-refractivity contribution in [1.29, 1.82) is 0 Å². The van der Waals surface area contributed by atoms with Gasteiger partial charge in [-0.3, -0.25) is 9.69 Å². The van der Waals surface area contributed by atoms with Gasteiger partial charge in [-0.2, -0.15) is 0 Å². The van der Waals surface area contributed by atoms with Crippen molar-refractivity contribution >= 4 is 46.8 Å². The van der Waals surface area contributed by atoms with Crippen LogP contribution in [0.15, 0.2) is 49.3 Å². The third-order valence-electron chi connectivity index (χ3n) is 6.69. The number of esters is 1. The molecule has 2 aromatic heterocycles. The Bertz CT molecular complexity index is 1620. The number of hydrogen-bond acceptors (Lipinski definition) is 12. The van der Waals surface area contributed by atoms with E-state index in [1.165, 1.54) is 30.5 Å². The summed E-state index contributed by atoms with van der Waals surface area (Å²) in [5.74, 6) is -0.0648. The summed E-state index contributed by atoms with van der Waals surface area (Å²) in [4.78, 5) is 56.9. The topological polar surface area (TPSA) is 151 Å². The molecule has 0 atom stereocenters. The lowest BCUT2D eigenvalue weighted by molar-refractivity contribution is -0.111. The van der Waals surface area contributed by atoms with Crippen LogP contribution in [0.1, 0.15) is 45.0 Å². The summed E-state index contributed by atoms with van der Waals surface area (Å²) in [6, 6.07) is 6.82. The fraction of sp³-hybridized carbons (Fsp3) is 0.412. The van der Waals surface area contributed by atoms with Crippen LogP contribution in [0.4, 0.5) is 33.6 Å². The Morgan fingerprint density at radius 1 is 1.00 bits per heavy atom. The Kier molecular flexibility index (Phi) is 12.4. The van der Waals surface area contributed by atoms with E-state index in [0.29, 0.717) is 35.1 Å². The zero-order valence-electron chi connectivity index (χ0n) is 29.4. The molecule has 14 heteroatoms. The molecule has 0 aliphatic rings. The Balaban J connectivity index is 2.06. The lowest BCUT2D eigenvalue weighted by Gasteiger charge is -2.26. The maximum absolute atomic E-state index is 13.1. The summed E-state index contributed by atoms with van der Waals surface area (Å²) in [5.41, 5.74) is 1.86. The van der Waals surface area contributed by atoms with Crippen molar-refractivity contribution in [3.63, 3.8) is 0 Å². The third kappa shape index (κ3) is 10.1. The van der Waals surface area contributed by atoms with Crippen molar-refractivity contribution in [2.45, 2.75) is 46.3 Å². The molecule has 2 N–H and O–H groups in total. The highest BCUT2D eigenvalue weighted by Gasteiger charge is 2.24. The van der Waals surface area contributed by atoms with Gasteiger partial charge in [0.15, 0.2) is 0 Å². The molecular weight excluding hydrogens is 616 g/mol. The summed E-state index contributed by atoms with van der Waals surface area (Å²) in [6.45, 7) is 13.9. The average molecular weight is 663 g/mol. The molecule has 0 aliphatic heterocycles. The smallest absolute Gasteiger partial charge is 0.415 e. The average Bonchev–Trinajstić information content (AvgIpc) is 3.02. The highest BCUT2D eigenvalue weighted by atomic mass is 16.6. The fourth-order valence-corrected chi connectivity index (χ4v) is 4.26. The number of rotatable bonds is 13. The molecule has 0 radical (unpaired) electrons. The van der Waals surface area contributed by atoms with Crippen LogP contribution >= 0.6 is 0 Å². The van der Waals surface area contributed by atoms with Crippen LogP contribution in [0.2, 0.25) is 0 Å². The van der Waals surface area contributed by atoms with Crippen LogP contribution in [0.25, 0.3) is 11.3 Å². The summed E-state index contributed by atoms with van der Waals surface area (Å²) in [7, 11) is 8.97. The monoisotopic (exact) mass is 662 g/mol. The first-order valence-electron chi connectivity index (χ1n) is 15.3. The summed E-state index contributed by atoms with van der Waals surface area (Å²) in [6.07, 6.45) is 3.11. The van der Waals surface area contributed by atoms with Crippen LogP contribution in [-0.2, 0) is 14.3 Å². The van der Waals surface area contributed by atoms with Gasteiger partial charge < -0.3 is 34.6 Å². The van der Waals surface area contributed by atoms with Crippen molar-refractivity contribution in [1.82, 2.24) is 19.9 Å². The van der Waals surface area contributed by atoms with Gasteiger partial charge in [-0.15, -0.1) is 0 Å². The molecule has 14 nitrogen and oxygen atoms in total. The van der Waals surface area contributed by atoms with Crippen molar-refractivity contribution in [3.8, 4) is 17.0 Å². The number of nitrogens with zero attached hydrogens (tertiary/aromatic N) is 6. The summed E-state index contributed by atoms with van der Waals surface area (Å²) < 4.78 is 16.6. The number of amides is 2. The largest absolute Gasteiger partial charge is 0.494 e. The molecule has 3 aromatic rings.